The average Bonchev–Trinajstić information content (AvgIpc) is 3.36. The normalized spacial score (nSPS) is 15.0. The van der Waals surface area contributed by atoms with Gasteiger partial charge in [0.15, 0.2) is 0 Å². The lowest BCUT2D eigenvalue weighted by Gasteiger charge is -2.47. The van der Waals surface area contributed by atoms with E-state index in [4.69, 9.17) is 4.84 Å². The van der Waals surface area contributed by atoms with Gasteiger partial charge in [-0.25, -0.2) is 5.06 Å². The van der Waals surface area contributed by atoms with Crippen molar-refractivity contribution in [1.82, 2.24) is 5.06 Å². The van der Waals surface area contributed by atoms with Crippen molar-refractivity contribution in [2.75, 3.05) is 17.9 Å². The molecule has 1 aliphatic rings. The van der Waals surface area contributed by atoms with Crippen LogP contribution in [-0.2, 0) is 9.63 Å². The Morgan fingerprint density at radius 1 is 1.12 bits per heavy atom. The maximum atomic E-state index is 12.2. The van der Waals surface area contributed by atoms with Crippen molar-refractivity contribution in [1.29, 1.82) is 0 Å². The molecular weight excluding hydrogens is 356 g/mol. The molecule has 0 saturated heterocycles. The van der Waals surface area contributed by atoms with Crippen molar-refractivity contribution in [3.05, 3.63) is 30.3 Å². The quantitative estimate of drug-likeness (QED) is 0.409. The monoisotopic (exact) mass is 392 g/mol. The van der Waals surface area contributed by atoms with Gasteiger partial charge in [-0.15, -0.1) is 0 Å². The van der Waals surface area contributed by atoms with Gasteiger partial charge in [0, 0.05) is 19.2 Å². The Bertz CT molecular complexity index is 583. The molecule has 0 aliphatic heterocycles. The predicted molar refractivity (Wildman–Crippen MR) is 115 cm³/mol. The van der Waals surface area contributed by atoms with Gasteiger partial charge < -0.3 is 4.23 Å². The molecule has 146 valence electrons. The number of carbonyl (C=O) groups excluding carboxylic acids is 1. The molecule has 2 rings (SSSR count). The summed E-state index contributed by atoms with van der Waals surface area (Å²) in [7, 11) is -1.47. The van der Waals surface area contributed by atoms with Gasteiger partial charge in [0.2, 0.25) is 5.91 Å². The fraction of sp³-hybridized carbons (Fsp3) is 0.650. The number of amides is 1. The number of benzene rings is 1. The molecule has 0 unspecified atom stereocenters. The van der Waals surface area contributed by atoms with Crippen molar-refractivity contribution in [3.63, 3.8) is 0 Å². The second-order valence-corrected chi connectivity index (χ2v) is 18.9. The van der Waals surface area contributed by atoms with E-state index in [1.807, 2.05) is 0 Å². The summed E-state index contributed by atoms with van der Waals surface area (Å²) in [5, 5.41) is 1.47. The summed E-state index contributed by atoms with van der Waals surface area (Å²) in [4.78, 5) is 18.0. The first-order valence-corrected chi connectivity index (χ1v) is 16.5. The van der Waals surface area contributed by atoms with Gasteiger partial charge in [0.1, 0.15) is 16.5 Å². The fourth-order valence-corrected chi connectivity index (χ4v) is 13.9. The van der Waals surface area contributed by atoms with Crippen LogP contribution in [-0.4, -0.2) is 41.1 Å². The molecule has 1 aromatic rings. The lowest BCUT2D eigenvalue weighted by atomic mass is 10.2. The second kappa shape index (κ2) is 8.71. The first-order valence-electron chi connectivity index (χ1n) is 9.86. The standard InChI is InChI=1S/C20H36N2O2Si2/c1-21(20(23)15-14-18-12-13-18)24-16-17-26(5,6)22(25(2,3)4)19-10-8-7-9-11-19/h7-11,18H,12-17H2,1-6H3. The summed E-state index contributed by atoms with van der Waals surface area (Å²) in [5.74, 6) is 0.899. The van der Waals surface area contributed by atoms with Crippen molar-refractivity contribution >= 4 is 28.1 Å². The van der Waals surface area contributed by atoms with Gasteiger partial charge in [-0.05, 0) is 30.5 Å². The molecule has 0 aromatic heterocycles. The second-order valence-electron chi connectivity index (χ2n) is 9.11. The highest BCUT2D eigenvalue weighted by Gasteiger charge is 2.38. The Balaban J connectivity index is 1.91. The number of hydroxylamine groups is 2. The number of hydrogen-bond donors (Lipinski definition) is 0. The Hall–Kier alpha value is -1.12. The number of nitrogens with zero attached hydrogens (tertiary/aromatic N) is 2. The van der Waals surface area contributed by atoms with Gasteiger partial charge in [0.05, 0.1) is 6.61 Å². The highest BCUT2D eigenvalue weighted by atomic mass is 28.4. The summed E-state index contributed by atoms with van der Waals surface area (Å²) in [6.07, 6.45) is 4.23. The van der Waals surface area contributed by atoms with E-state index in [0.29, 0.717) is 13.0 Å². The maximum Gasteiger partial charge on any atom is 0.245 e. The number of rotatable bonds is 10. The maximum absolute atomic E-state index is 12.2. The highest BCUT2D eigenvalue weighted by Crippen LogP contribution is 2.33. The molecule has 1 aliphatic carbocycles. The van der Waals surface area contributed by atoms with Crippen LogP contribution in [0.1, 0.15) is 25.7 Å². The van der Waals surface area contributed by atoms with Gasteiger partial charge >= 0.3 is 0 Å². The van der Waals surface area contributed by atoms with Crippen LogP contribution in [0, 0.1) is 5.92 Å². The molecule has 6 heteroatoms. The van der Waals surface area contributed by atoms with Crippen LogP contribution in [0.15, 0.2) is 30.3 Å². The molecule has 1 aromatic carbocycles. The molecule has 1 amide bonds. The molecule has 1 saturated carbocycles. The molecule has 0 atom stereocenters. The van der Waals surface area contributed by atoms with Crippen molar-refractivity contribution < 1.29 is 9.63 Å². The van der Waals surface area contributed by atoms with Gasteiger partial charge in [-0.1, -0.05) is 63.8 Å². The van der Waals surface area contributed by atoms with Crippen molar-refractivity contribution in [3.8, 4) is 0 Å². The number of hydrogen-bond acceptors (Lipinski definition) is 3. The Morgan fingerprint density at radius 2 is 1.73 bits per heavy atom. The van der Waals surface area contributed by atoms with Crippen LogP contribution >= 0.6 is 0 Å². The highest BCUT2D eigenvalue weighted by molar-refractivity contribution is 6.99. The summed E-state index contributed by atoms with van der Waals surface area (Å²) in [6, 6.07) is 11.8. The predicted octanol–water partition coefficient (Wildman–Crippen LogP) is 5.11. The zero-order valence-corrected chi connectivity index (χ0v) is 19.4. The third kappa shape index (κ3) is 6.25. The van der Waals surface area contributed by atoms with Crippen molar-refractivity contribution in [2.24, 2.45) is 5.92 Å². The smallest absolute Gasteiger partial charge is 0.245 e. The Labute approximate surface area is 161 Å². The lowest BCUT2D eigenvalue weighted by molar-refractivity contribution is -0.176. The third-order valence-electron chi connectivity index (χ3n) is 5.10. The SMILES string of the molecule is CN(OCC[Si](C)(C)N(c1ccccc1)[Si](C)(C)C)C(=O)CCC1CC1. The molecule has 0 N–H and O–H groups in total. The zero-order valence-electron chi connectivity index (χ0n) is 17.4. The van der Waals surface area contributed by atoms with E-state index in [0.717, 1.165) is 18.4 Å². The number of carbonyl (C=O) groups is 1. The van der Waals surface area contributed by atoms with E-state index in [-0.39, 0.29) is 5.91 Å². The van der Waals surface area contributed by atoms with Crippen LogP contribution in [0.5, 0.6) is 0 Å². The number of para-hydroxylation sites is 1. The molecule has 0 heterocycles. The van der Waals surface area contributed by atoms with E-state index >= 15 is 0 Å². The molecule has 0 spiro atoms. The average molecular weight is 393 g/mol. The summed E-state index contributed by atoms with van der Waals surface area (Å²) < 4.78 is 2.72. The van der Waals surface area contributed by atoms with E-state index in [9.17, 15) is 4.79 Å². The van der Waals surface area contributed by atoms with E-state index in [1.165, 1.54) is 23.6 Å². The zero-order chi connectivity index (χ0) is 19.4. The minimum absolute atomic E-state index is 0.112. The van der Waals surface area contributed by atoms with Crippen molar-refractivity contribution in [2.45, 2.75) is 64.5 Å². The van der Waals surface area contributed by atoms with Crippen LogP contribution in [0.2, 0.25) is 38.8 Å². The lowest BCUT2D eigenvalue weighted by Crippen LogP contribution is -2.61. The molecule has 0 radical (unpaired) electrons. The van der Waals surface area contributed by atoms with E-state index in [2.05, 4.69) is 67.3 Å². The summed E-state index contributed by atoms with van der Waals surface area (Å²) in [5.41, 5.74) is 1.33. The van der Waals surface area contributed by atoms with Crippen LogP contribution in [0.25, 0.3) is 0 Å². The molecule has 0 bridgehead atoms. The van der Waals surface area contributed by atoms with Crippen LogP contribution in [0.3, 0.4) is 0 Å². The minimum Gasteiger partial charge on any atom is -0.424 e. The van der Waals surface area contributed by atoms with E-state index < -0.39 is 16.5 Å². The first-order chi connectivity index (χ1) is 12.1. The van der Waals surface area contributed by atoms with E-state index in [1.54, 1.807) is 7.05 Å². The van der Waals surface area contributed by atoms with Gasteiger partial charge in [0.25, 0.3) is 0 Å². The molecular formula is C20H36N2O2Si2. The van der Waals surface area contributed by atoms with Crippen LogP contribution < -0.4 is 4.23 Å². The number of anilines is 1. The Morgan fingerprint density at radius 3 is 2.27 bits per heavy atom. The summed E-state index contributed by atoms with van der Waals surface area (Å²) in [6.45, 7) is 12.7. The first kappa shape index (κ1) is 21.2. The third-order valence-corrected chi connectivity index (χ3v) is 13.4. The minimum atomic E-state index is -1.70. The van der Waals surface area contributed by atoms with Gasteiger partial charge in [-0.3, -0.25) is 9.63 Å². The summed E-state index contributed by atoms with van der Waals surface area (Å²) >= 11 is 0. The van der Waals surface area contributed by atoms with Crippen LogP contribution in [0.4, 0.5) is 5.69 Å². The topological polar surface area (TPSA) is 32.8 Å². The largest absolute Gasteiger partial charge is 0.424 e. The molecule has 26 heavy (non-hydrogen) atoms. The molecule has 1 fully saturated rings. The fourth-order valence-electron chi connectivity index (χ4n) is 3.73. The Kier molecular flexibility index (Phi) is 7.10. The molecule has 4 nitrogen and oxygen atoms in total. The van der Waals surface area contributed by atoms with Gasteiger partial charge in [-0.2, -0.15) is 0 Å².